The van der Waals surface area contributed by atoms with Crippen LogP contribution in [0.15, 0.2) is 158 Å². The number of hydrogen-bond acceptors (Lipinski definition) is 2. The second-order valence-electron chi connectivity index (χ2n) is 22.4. The van der Waals surface area contributed by atoms with Crippen LogP contribution in [-0.4, -0.2) is 18.7 Å². The van der Waals surface area contributed by atoms with Crippen molar-refractivity contribution in [3.63, 3.8) is 0 Å². The Morgan fingerprint density at radius 3 is 1.97 bits per heavy atom. The van der Waals surface area contributed by atoms with E-state index in [1.54, 1.807) is 10.8 Å². The second-order valence-corrected chi connectivity index (χ2v) is 23.4. The molecule has 5 nitrogen and oxygen atoms in total. The zero-order valence-electron chi connectivity index (χ0n) is 46.3. The van der Waals surface area contributed by atoms with Gasteiger partial charge in [0.1, 0.15) is 0 Å². The second kappa shape index (κ2) is 17.6. The van der Waals surface area contributed by atoms with Crippen molar-refractivity contribution >= 4 is 32.8 Å². The topological polar surface area (TPSA) is 36.9 Å². The van der Waals surface area contributed by atoms with Crippen LogP contribution in [0, 0.1) is 15.9 Å². The van der Waals surface area contributed by atoms with Gasteiger partial charge in [0.15, 0.2) is 0 Å². The van der Waals surface area contributed by atoms with Crippen LogP contribution >= 0.6 is 0 Å². The zero-order chi connectivity index (χ0) is 53.0. The van der Waals surface area contributed by atoms with E-state index in [2.05, 4.69) is 207 Å². The van der Waals surface area contributed by atoms with E-state index in [9.17, 15) is 0 Å². The summed E-state index contributed by atoms with van der Waals surface area (Å²) >= 11 is 2.57. The Morgan fingerprint density at radius 2 is 1.25 bits per heavy atom. The molecule has 11 rings (SSSR count). The summed E-state index contributed by atoms with van der Waals surface area (Å²) in [4.78, 5) is 4.78. The Balaban J connectivity index is 1.08. The maximum absolute atomic E-state index is 9.13. The molecular weight excluding hydrogens is 1050 g/mol. The monoisotopic (exact) mass is 1110 g/mol. The Hall–Kier alpha value is -6.55. The standard InChI is InChI=1S/C65H62N4O.Pt/c1-42-27-32-56(55-39-48(28-30-50(42)55)70-49-29-31-54-53-21-14-15-24-57(53)69(60(54)40-49)61-38-45(33-34-66-61)63(2,3)4)67-41-68(59-26-17-16-25-58(59)67)62-51(43-19-12-11-13-20-43)22-18-23-52(62)44-35-46(64(5,6)7)37-47(36-44)65(8,9)10;/h11-26,28-31,33-38,42,56H,27,32H2,1-10H3;/q-2;/i14D,15D,21D,24D;. The molecule has 3 aromatic heterocycles. The van der Waals surface area contributed by atoms with E-state index in [4.69, 9.17) is 15.2 Å². The number of hydrogen-bond donors (Lipinski definition) is 0. The van der Waals surface area contributed by atoms with Gasteiger partial charge in [-0.2, -0.15) is 0 Å². The van der Waals surface area contributed by atoms with Crippen molar-refractivity contribution in [2.24, 2.45) is 0 Å². The van der Waals surface area contributed by atoms with Crippen LogP contribution in [-0.2, 0) is 35.6 Å². The number of nitrogens with zero attached hydrogens (tertiary/aromatic N) is 4. The molecule has 2 unspecified atom stereocenters. The number of fused-ring (bicyclic) bond motifs is 5. The van der Waals surface area contributed by atoms with Gasteiger partial charge in [-0.15, -0.1) is 0 Å². The van der Waals surface area contributed by atoms with Crippen LogP contribution in [0.3, 0.4) is 0 Å². The quantitative estimate of drug-likeness (QED) is 0.149. The smallest absolute Gasteiger partial charge is 0.239 e. The molecule has 71 heavy (non-hydrogen) atoms. The molecule has 0 bridgehead atoms. The van der Waals surface area contributed by atoms with Crippen molar-refractivity contribution < 1.29 is 29.6 Å². The Kier molecular flexibility index (Phi) is 10.5. The van der Waals surface area contributed by atoms with Crippen LogP contribution in [0.25, 0.3) is 66.6 Å². The third-order valence-electron chi connectivity index (χ3n) is 14.4. The molecule has 0 saturated heterocycles. The number of ether oxygens (including phenoxy) is 1. The summed E-state index contributed by atoms with van der Waals surface area (Å²) in [6.07, 6.45) is 3.66. The summed E-state index contributed by atoms with van der Waals surface area (Å²) in [6.45, 7) is 22.5. The molecule has 1 aliphatic carbocycles. The predicted octanol–water partition coefficient (Wildman–Crippen LogP) is 17.1. The first-order valence-corrected chi connectivity index (χ1v) is 25.9. The Bertz CT molecular complexity index is 3950. The van der Waals surface area contributed by atoms with Gasteiger partial charge in [-0.3, -0.25) is 0 Å². The molecule has 7 aromatic carbocycles. The summed E-state index contributed by atoms with van der Waals surface area (Å²) < 4.78 is 50.2. The van der Waals surface area contributed by atoms with E-state index >= 15 is 0 Å². The molecule has 360 valence electrons. The van der Waals surface area contributed by atoms with Gasteiger partial charge < -0.3 is 0 Å². The minimum absolute atomic E-state index is 0.0607. The molecule has 0 amide bonds. The molecular formula is C65H62N4OPt-2. The first kappa shape index (κ1) is 42.2. The van der Waals surface area contributed by atoms with Gasteiger partial charge in [-0.1, -0.05) is 38.9 Å². The molecule has 0 saturated carbocycles. The molecule has 0 spiro atoms. The molecule has 6 heteroatoms. The summed E-state index contributed by atoms with van der Waals surface area (Å²) in [5.74, 6) is 1.82. The van der Waals surface area contributed by atoms with Crippen LogP contribution in [0.1, 0.15) is 127 Å². The predicted molar refractivity (Wildman–Crippen MR) is 290 cm³/mol. The zero-order valence-corrected chi connectivity index (χ0v) is 44.6. The minimum Gasteiger partial charge on any atom is -0.239 e. The summed E-state index contributed by atoms with van der Waals surface area (Å²) in [5.41, 5.74) is 14.6. The van der Waals surface area contributed by atoms with Gasteiger partial charge in [-0.25, -0.2) is 4.98 Å². The fraction of sp³-hybridized carbons (Fsp3) is 0.262. The number of imidazole rings is 1. The van der Waals surface area contributed by atoms with E-state index in [0.717, 1.165) is 55.6 Å². The Morgan fingerprint density at radius 1 is 0.606 bits per heavy atom. The van der Waals surface area contributed by atoms with Gasteiger partial charge in [0, 0.05) is 6.20 Å². The SMILES string of the molecule is [2H]c1c([2H])c([2H])c2c(c1[2H])c1ccc(Oc3[c-]c4c(cc3)C(C)CCC4n3[c](=[Pt])n(-c4c(-c5ccccc5)cccc4-c4cc(C(C)(C)C)cc(C(C)(C)C)c4)c4ccccc43)[c-]c1n2-c1cc(C(C)(C)C)ccn1. The average Bonchev–Trinajstić information content (AvgIpc) is 3.91. The van der Waals surface area contributed by atoms with Crippen LogP contribution in [0.5, 0.6) is 11.5 Å². The van der Waals surface area contributed by atoms with E-state index in [1.807, 2.05) is 30.3 Å². The maximum atomic E-state index is 9.13. The van der Waals surface area contributed by atoms with Gasteiger partial charge in [-0.05, 0) is 29.2 Å². The van der Waals surface area contributed by atoms with E-state index in [1.165, 1.54) is 27.8 Å². The van der Waals surface area contributed by atoms with Crippen molar-refractivity contribution in [1.82, 2.24) is 18.7 Å². The number of pyridine rings is 1. The molecule has 0 N–H and O–H groups in total. The van der Waals surface area contributed by atoms with Crippen molar-refractivity contribution in [2.45, 2.75) is 110 Å². The van der Waals surface area contributed by atoms with Gasteiger partial charge in [0.2, 0.25) is 0 Å². The fourth-order valence-electron chi connectivity index (χ4n) is 10.4. The summed E-state index contributed by atoms with van der Waals surface area (Å²) in [5, 5.41) is 1.04. The third kappa shape index (κ3) is 8.44. The summed E-state index contributed by atoms with van der Waals surface area (Å²) in [6, 6.07) is 51.8. The fourth-order valence-corrected chi connectivity index (χ4v) is 11.6. The van der Waals surface area contributed by atoms with Crippen molar-refractivity contribution in [3.8, 4) is 45.3 Å². The van der Waals surface area contributed by atoms with Gasteiger partial charge in [0.25, 0.3) is 0 Å². The van der Waals surface area contributed by atoms with Crippen LogP contribution < -0.4 is 4.74 Å². The van der Waals surface area contributed by atoms with Crippen molar-refractivity contribution in [2.75, 3.05) is 0 Å². The third-order valence-corrected chi connectivity index (χ3v) is 15.5. The van der Waals surface area contributed by atoms with E-state index in [0.29, 0.717) is 45.0 Å². The Labute approximate surface area is 435 Å². The minimum atomic E-state index is -0.301. The molecule has 0 radical (unpaired) electrons. The molecule has 3 heterocycles. The first-order valence-electron chi connectivity index (χ1n) is 26.8. The number of para-hydroxylation sites is 4. The first-order chi connectivity index (χ1) is 35.6. The molecule has 0 aliphatic heterocycles. The van der Waals surface area contributed by atoms with E-state index < -0.39 is 0 Å². The molecule has 2 atom stereocenters. The number of benzene rings is 7. The summed E-state index contributed by atoms with van der Waals surface area (Å²) in [7, 11) is 0. The molecule has 10 aromatic rings. The van der Waals surface area contributed by atoms with Gasteiger partial charge >= 0.3 is 353 Å². The van der Waals surface area contributed by atoms with Gasteiger partial charge in [0.05, 0.1) is 5.48 Å². The number of aromatic nitrogens is 4. The van der Waals surface area contributed by atoms with E-state index in [-0.39, 0.29) is 46.5 Å². The molecule has 0 fully saturated rings. The average molecular weight is 1110 g/mol. The molecule has 1 aliphatic rings. The van der Waals surface area contributed by atoms with Crippen molar-refractivity contribution in [1.29, 1.82) is 0 Å². The number of rotatable bonds is 7. The van der Waals surface area contributed by atoms with Crippen LogP contribution in [0.2, 0.25) is 0 Å². The van der Waals surface area contributed by atoms with Crippen LogP contribution in [0.4, 0.5) is 0 Å². The normalized spacial score (nSPS) is 16.2. The van der Waals surface area contributed by atoms with Crippen molar-refractivity contribution in [3.05, 3.63) is 202 Å².